The molecule has 168 valence electrons. The highest BCUT2D eigenvalue weighted by atomic mass is 16.5. The Hall–Kier alpha value is -4.13. The maximum absolute atomic E-state index is 12.5. The zero-order chi connectivity index (χ0) is 23.4. The van der Waals surface area contributed by atoms with Gasteiger partial charge in [0.1, 0.15) is 17.9 Å². The molecule has 7 heteroatoms. The smallest absolute Gasteiger partial charge is 0.338 e. The van der Waals surface area contributed by atoms with Crippen molar-refractivity contribution in [2.45, 2.75) is 20.5 Å². The number of aromatic nitrogens is 1. The molecule has 1 heterocycles. The zero-order valence-corrected chi connectivity index (χ0v) is 18.4. The fraction of sp³-hybridized carbons (Fsp3) is 0.192. The Morgan fingerprint density at radius 2 is 1.82 bits per heavy atom. The Labute approximate surface area is 191 Å². The predicted octanol–water partition coefficient (Wildman–Crippen LogP) is 4.94. The minimum absolute atomic E-state index is 0.00713. The predicted molar refractivity (Wildman–Crippen MR) is 124 cm³/mol. The standard InChI is InChI=1S/C26H24N2O5/c1-16(2)14-27-24(30)21-7-4-8-22-23(21)33-25(28-22)18-11-9-17(10-12-18)15-32-26(31)19-5-3-6-20(29)13-19/h3-13,16,29H,14-15H2,1-2H3,(H,27,30). The van der Waals surface area contributed by atoms with Gasteiger partial charge in [-0.15, -0.1) is 0 Å². The third-order valence-electron chi connectivity index (χ3n) is 4.98. The summed E-state index contributed by atoms with van der Waals surface area (Å²) in [7, 11) is 0. The van der Waals surface area contributed by atoms with Crippen LogP contribution in [-0.2, 0) is 11.3 Å². The maximum atomic E-state index is 12.5. The molecule has 0 saturated carbocycles. The van der Waals surface area contributed by atoms with Crippen molar-refractivity contribution < 1.29 is 23.8 Å². The highest BCUT2D eigenvalue weighted by molar-refractivity contribution is 6.04. The number of amides is 1. The number of hydrogen-bond acceptors (Lipinski definition) is 6. The molecule has 0 atom stereocenters. The molecule has 0 aliphatic heterocycles. The van der Waals surface area contributed by atoms with Crippen molar-refractivity contribution >= 4 is 23.0 Å². The van der Waals surface area contributed by atoms with Crippen molar-refractivity contribution in [1.29, 1.82) is 0 Å². The summed E-state index contributed by atoms with van der Waals surface area (Å²) in [5.74, 6) is 0.0410. The summed E-state index contributed by atoms with van der Waals surface area (Å²) in [5.41, 5.74) is 3.30. The first-order chi connectivity index (χ1) is 15.9. The van der Waals surface area contributed by atoms with Crippen LogP contribution in [0.25, 0.3) is 22.6 Å². The summed E-state index contributed by atoms with van der Waals surface area (Å²) in [6, 6.07) is 18.6. The number of ether oxygens (including phenoxy) is 1. The molecule has 0 saturated heterocycles. The number of hydrogen-bond donors (Lipinski definition) is 2. The lowest BCUT2D eigenvalue weighted by molar-refractivity contribution is 0.0472. The number of carbonyl (C=O) groups excluding carboxylic acids is 2. The summed E-state index contributed by atoms with van der Waals surface area (Å²) >= 11 is 0. The Morgan fingerprint density at radius 1 is 1.06 bits per heavy atom. The number of phenols is 1. The molecule has 0 aliphatic carbocycles. The van der Waals surface area contributed by atoms with Crippen LogP contribution in [-0.4, -0.2) is 28.5 Å². The van der Waals surface area contributed by atoms with E-state index in [2.05, 4.69) is 10.3 Å². The van der Waals surface area contributed by atoms with Gasteiger partial charge in [-0.3, -0.25) is 4.79 Å². The molecule has 7 nitrogen and oxygen atoms in total. The van der Waals surface area contributed by atoms with Gasteiger partial charge in [0.2, 0.25) is 5.89 Å². The number of nitrogens with zero attached hydrogens (tertiary/aromatic N) is 1. The first-order valence-corrected chi connectivity index (χ1v) is 10.6. The van der Waals surface area contributed by atoms with Crippen LogP contribution in [0.1, 0.15) is 40.1 Å². The van der Waals surface area contributed by atoms with Crippen LogP contribution < -0.4 is 5.32 Å². The summed E-state index contributed by atoms with van der Waals surface area (Å²) in [6.07, 6.45) is 0. The van der Waals surface area contributed by atoms with Crippen LogP contribution in [0, 0.1) is 5.92 Å². The molecule has 0 unspecified atom stereocenters. The van der Waals surface area contributed by atoms with Gasteiger partial charge in [-0.2, -0.15) is 0 Å². The van der Waals surface area contributed by atoms with Crippen LogP contribution in [0.5, 0.6) is 5.75 Å². The van der Waals surface area contributed by atoms with Crippen LogP contribution in [0.2, 0.25) is 0 Å². The van der Waals surface area contributed by atoms with E-state index in [1.165, 1.54) is 12.1 Å². The number of carbonyl (C=O) groups is 2. The van der Waals surface area contributed by atoms with Crippen molar-refractivity contribution in [1.82, 2.24) is 10.3 Å². The first-order valence-electron chi connectivity index (χ1n) is 10.6. The van der Waals surface area contributed by atoms with E-state index in [4.69, 9.17) is 9.15 Å². The lowest BCUT2D eigenvalue weighted by Crippen LogP contribution is -2.27. The van der Waals surface area contributed by atoms with Gasteiger partial charge in [-0.05, 0) is 53.9 Å². The average molecular weight is 444 g/mol. The van der Waals surface area contributed by atoms with Gasteiger partial charge >= 0.3 is 5.97 Å². The van der Waals surface area contributed by atoms with Gasteiger partial charge in [0.15, 0.2) is 5.58 Å². The normalized spacial score (nSPS) is 11.0. The fourth-order valence-electron chi connectivity index (χ4n) is 3.25. The number of fused-ring (bicyclic) bond motifs is 1. The molecule has 0 bridgehead atoms. The molecule has 3 aromatic carbocycles. The van der Waals surface area contributed by atoms with Gasteiger partial charge in [0.05, 0.1) is 11.1 Å². The number of aromatic hydroxyl groups is 1. The second-order valence-electron chi connectivity index (χ2n) is 8.10. The van der Waals surface area contributed by atoms with Crippen LogP contribution in [0.15, 0.2) is 71.1 Å². The van der Waals surface area contributed by atoms with Crippen LogP contribution >= 0.6 is 0 Å². The van der Waals surface area contributed by atoms with E-state index in [1.54, 1.807) is 30.3 Å². The van der Waals surface area contributed by atoms with Gasteiger partial charge < -0.3 is 19.6 Å². The Kier molecular flexibility index (Phi) is 6.40. The molecule has 2 N–H and O–H groups in total. The number of para-hydroxylation sites is 1. The van der Waals surface area contributed by atoms with Crippen LogP contribution in [0.4, 0.5) is 0 Å². The lowest BCUT2D eigenvalue weighted by atomic mass is 10.1. The maximum Gasteiger partial charge on any atom is 0.338 e. The fourth-order valence-corrected chi connectivity index (χ4v) is 3.25. The second-order valence-corrected chi connectivity index (χ2v) is 8.10. The molecule has 0 aliphatic rings. The molecule has 1 amide bonds. The highest BCUT2D eigenvalue weighted by Crippen LogP contribution is 2.27. The Bertz CT molecular complexity index is 1290. The number of oxazole rings is 1. The summed E-state index contributed by atoms with van der Waals surface area (Å²) < 4.78 is 11.3. The van der Waals surface area contributed by atoms with E-state index in [9.17, 15) is 14.7 Å². The molecule has 0 radical (unpaired) electrons. The number of nitrogens with one attached hydrogen (secondary N) is 1. The van der Waals surface area contributed by atoms with Gasteiger partial charge in [-0.25, -0.2) is 9.78 Å². The lowest BCUT2D eigenvalue weighted by Gasteiger charge is -2.07. The second kappa shape index (κ2) is 9.56. The van der Waals surface area contributed by atoms with E-state index < -0.39 is 5.97 Å². The van der Waals surface area contributed by atoms with Gasteiger partial charge in [0.25, 0.3) is 5.91 Å². The van der Waals surface area contributed by atoms with E-state index in [-0.39, 0.29) is 23.8 Å². The molecule has 4 aromatic rings. The third kappa shape index (κ3) is 5.20. The highest BCUT2D eigenvalue weighted by Gasteiger charge is 2.17. The number of esters is 1. The monoisotopic (exact) mass is 444 g/mol. The zero-order valence-electron chi connectivity index (χ0n) is 18.4. The molecule has 0 fully saturated rings. The Balaban J connectivity index is 1.47. The molecule has 33 heavy (non-hydrogen) atoms. The van der Waals surface area contributed by atoms with E-state index in [0.29, 0.717) is 35.0 Å². The van der Waals surface area contributed by atoms with Crippen molar-refractivity contribution in [2.75, 3.05) is 6.54 Å². The number of benzene rings is 3. The van der Waals surface area contributed by atoms with Crippen molar-refractivity contribution in [3.8, 4) is 17.2 Å². The van der Waals surface area contributed by atoms with E-state index in [0.717, 1.165) is 11.1 Å². The van der Waals surface area contributed by atoms with Gasteiger partial charge in [-0.1, -0.05) is 38.1 Å². The molecular formula is C26H24N2O5. The number of phenolic OH excluding ortho intramolecular Hbond substituents is 1. The summed E-state index contributed by atoms with van der Waals surface area (Å²) in [6.45, 7) is 4.73. The van der Waals surface area contributed by atoms with Gasteiger partial charge in [0, 0.05) is 12.1 Å². The Morgan fingerprint density at radius 3 is 2.55 bits per heavy atom. The van der Waals surface area contributed by atoms with Crippen LogP contribution in [0.3, 0.4) is 0 Å². The minimum atomic E-state index is -0.516. The quantitative estimate of drug-likeness (QED) is 0.391. The molecule has 4 rings (SSSR count). The topological polar surface area (TPSA) is 102 Å². The van der Waals surface area contributed by atoms with E-state index in [1.807, 2.05) is 38.1 Å². The molecule has 0 spiro atoms. The van der Waals surface area contributed by atoms with Crippen molar-refractivity contribution in [2.24, 2.45) is 5.92 Å². The SMILES string of the molecule is CC(C)CNC(=O)c1cccc2nc(-c3ccc(COC(=O)c4cccc(O)c4)cc3)oc12. The van der Waals surface area contributed by atoms with Crippen molar-refractivity contribution in [3.05, 3.63) is 83.4 Å². The van der Waals surface area contributed by atoms with E-state index >= 15 is 0 Å². The molecular weight excluding hydrogens is 420 g/mol. The molecule has 1 aromatic heterocycles. The summed E-state index contributed by atoms with van der Waals surface area (Å²) in [4.78, 5) is 29.2. The number of rotatable bonds is 7. The summed E-state index contributed by atoms with van der Waals surface area (Å²) in [5, 5.41) is 12.4. The minimum Gasteiger partial charge on any atom is -0.508 e. The largest absolute Gasteiger partial charge is 0.508 e. The first kappa shape index (κ1) is 22.1. The average Bonchev–Trinajstić information content (AvgIpc) is 3.25. The third-order valence-corrected chi connectivity index (χ3v) is 4.98. The van der Waals surface area contributed by atoms with Crippen molar-refractivity contribution in [3.63, 3.8) is 0 Å².